The second-order valence-electron chi connectivity index (χ2n) is 5.51. The zero-order valence-corrected chi connectivity index (χ0v) is 14.4. The van der Waals surface area contributed by atoms with Crippen molar-refractivity contribution in [3.8, 4) is 5.75 Å². The van der Waals surface area contributed by atoms with Gasteiger partial charge in [0.1, 0.15) is 12.4 Å². The number of halogens is 1. The fourth-order valence-electron chi connectivity index (χ4n) is 2.91. The van der Waals surface area contributed by atoms with Gasteiger partial charge in [0, 0.05) is 9.61 Å². The van der Waals surface area contributed by atoms with Crippen molar-refractivity contribution in [2.75, 3.05) is 7.05 Å². The summed E-state index contributed by atoms with van der Waals surface area (Å²) < 4.78 is 7.21. The molecule has 2 nitrogen and oxygen atoms in total. The van der Waals surface area contributed by atoms with Gasteiger partial charge in [-0.05, 0) is 89.9 Å². The van der Waals surface area contributed by atoms with Crippen LogP contribution in [-0.4, -0.2) is 7.05 Å². The molecule has 1 aliphatic carbocycles. The van der Waals surface area contributed by atoms with Crippen LogP contribution in [0.1, 0.15) is 35.6 Å². The third-order valence-corrected chi connectivity index (χ3v) is 4.82. The Morgan fingerprint density at radius 3 is 2.76 bits per heavy atom. The molecule has 2 aromatic rings. The zero-order chi connectivity index (χ0) is 14.7. The average Bonchev–Trinajstić information content (AvgIpc) is 2.53. The maximum atomic E-state index is 5.96. The van der Waals surface area contributed by atoms with E-state index in [0.29, 0.717) is 12.6 Å². The lowest BCUT2D eigenvalue weighted by molar-refractivity contribution is 0.305. The predicted molar refractivity (Wildman–Crippen MR) is 94.7 cm³/mol. The third kappa shape index (κ3) is 3.58. The molecule has 0 heterocycles. The van der Waals surface area contributed by atoms with E-state index in [1.54, 1.807) is 0 Å². The van der Waals surface area contributed by atoms with Crippen LogP contribution in [0, 0.1) is 3.57 Å². The molecule has 110 valence electrons. The summed E-state index contributed by atoms with van der Waals surface area (Å²) in [6.45, 7) is 0.625. The minimum atomic E-state index is 0.468. The predicted octanol–water partition coefficient (Wildman–Crippen LogP) is 4.47. The molecule has 1 aliphatic rings. The number of hydrogen-bond acceptors (Lipinski definition) is 2. The van der Waals surface area contributed by atoms with Crippen LogP contribution in [0.15, 0.2) is 42.5 Å². The van der Waals surface area contributed by atoms with Crippen LogP contribution in [-0.2, 0) is 13.0 Å². The Bertz CT molecular complexity index is 609. The van der Waals surface area contributed by atoms with Crippen molar-refractivity contribution in [2.24, 2.45) is 0 Å². The van der Waals surface area contributed by atoms with Crippen LogP contribution >= 0.6 is 22.6 Å². The van der Waals surface area contributed by atoms with Gasteiger partial charge in [-0.1, -0.05) is 18.2 Å². The van der Waals surface area contributed by atoms with Crippen LogP contribution < -0.4 is 10.1 Å². The quantitative estimate of drug-likeness (QED) is 0.775. The van der Waals surface area contributed by atoms with Crippen molar-refractivity contribution in [2.45, 2.75) is 31.9 Å². The summed E-state index contributed by atoms with van der Waals surface area (Å²) in [4.78, 5) is 0. The highest BCUT2D eigenvalue weighted by atomic mass is 127. The summed E-state index contributed by atoms with van der Waals surface area (Å²) in [6, 6.07) is 15.5. The van der Waals surface area contributed by atoms with E-state index in [2.05, 4.69) is 70.4 Å². The summed E-state index contributed by atoms with van der Waals surface area (Å²) in [7, 11) is 2.04. The highest BCUT2D eigenvalue weighted by Gasteiger charge is 2.19. The molecule has 0 radical (unpaired) electrons. The smallest absolute Gasteiger partial charge is 0.120 e. The zero-order valence-electron chi connectivity index (χ0n) is 12.2. The maximum absolute atomic E-state index is 5.96. The Kier molecular flexibility index (Phi) is 4.80. The molecule has 3 heteroatoms. The molecule has 1 atom stereocenters. The molecule has 0 bridgehead atoms. The summed E-state index contributed by atoms with van der Waals surface area (Å²) in [5, 5.41) is 3.41. The van der Waals surface area contributed by atoms with Crippen molar-refractivity contribution < 1.29 is 4.74 Å². The molecule has 0 fully saturated rings. The molecular weight excluding hydrogens is 373 g/mol. The number of benzene rings is 2. The van der Waals surface area contributed by atoms with E-state index in [1.165, 1.54) is 39.5 Å². The van der Waals surface area contributed by atoms with Gasteiger partial charge in [0.15, 0.2) is 0 Å². The highest BCUT2D eigenvalue weighted by Crippen LogP contribution is 2.32. The summed E-state index contributed by atoms with van der Waals surface area (Å²) in [5.41, 5.74) is 4.07. The Hall–Kier alpha value is -1.07. The number of nitrogens with one attached hydrogen (secondary N) is 1. The first-order valence-electron chi connectivity index (χ1n) is 7.43. The Labute approximate surface area is 140 Å². The first kappa shape index (κ1) is 14.9. The Balaban J connectivity index is 1.73. The highest BCUT2D eigenvalue weighted by molar-refractivity contribution is 14.1. The van der Waals surface area contributed by atoms with Crippen LogP contribution in [0.3, 0.4) is 0 Å². The molecule has 0 saturated carbocycles. The van der Waals surface area contributed by atoms with E-state index in [-0.39, 0.29) is 0 Å². The fraction of sp³-hybridized carbons (Fsp3) is 0.333. The minimum Gasteiger partial charge on any atom is -0.489 e. The lowest BCUT2D eigenvalue weighted by atomic mass is 9.87. The van der Waals surface area contributed by atoms with Crippen molar-refractivity contribution in [1.82, 2.24) is 5.32 Å². The van der Waals surface area contributed by atoms with Crippen LogP contribution in [0.4, 0.5) is 0 Å². The van der Waals surface area contributed by atoms with E-state index in [9.17, 15) is 0 Å². The van der Waals surface area contributed by atoms with Gasteiger partial charge in [-0.25, -0.2) is 0 Å². The molecular formula is C18H20INO. The van der Waals surface area contributed by atoms with Crippen LogP contribution in [0.2, 0.25) is 0 Å². The standard InChI is InChI=1S/C18H20INO/c1-20-18-4-2-3-14-7-10-16(11-17(14)18)21-12-13-5-8-15(19)9-6-13/h5-11,18,20H,2-4,12H2,1H3. The molecule has 0 amide bonds. The first-order valence-corrected chi connectivity index (χ1v) is 8.51. The summed E-state index contributed by atoms with van der Waals surface area (Å²) in [6.07, 6.45) is 3.66. The van der Waals surface area contributed by atoms with Crippen molar-refractivity contribution >= 4 is 22.6 Å². The van der Waals surface area contributed by atoms with Gasteiger partial charge in [0.2, 0.25) is 0 Å². The molecule has 0 spiro atoms. The van der Waals surface area contributed by atoms with Gasteiger partial charge in [-0.15, -0.1) is 0 Å². The van der Waals surface area contributed by atoms with E-state index in [1.807, 2.05) is 7.05 Å². The summed E-state index contributed by atoms with van der Waals surface area (Å²) in [5.74, 6) is 0.967. The molecule has 0 saturated heterocycles. The minimum absolute atomic E-state index is 0.468. The molecule has 2 aromatic carbocycles. The van der Waals surface area contributed by atoms with Gasteiger partial charge < -0.3 is 10.1 Å². The topological polar surface area (TPSA) is 21.3 Å². The second-order valence-corrected chi connectivity index (χ2v) is 6.75. The van der Waals surface area contributed by atoms with Gasteiger partial charge >= 0.3 is 0 Å². The molecule has 21 heavy (non-hydrogen) atoms. The Morgan fingerprint density at radius 1 is 1.19 bits per heavy atom. The molecule has 1 N–H and O–H groups in total. The number of rotatable bonds is 4. The Morgan fingerprint density at radius 2 is 2.00 bits per heavy atom. The molecule has 0 aliphatic heterocycles. The van der Waals surface area contributed by atoms with E-state index < -0.39 is 0 Å². The van der Waals surface area contributed by atoms with Gasteiger partial charge in [0.05, 0.1) is 0 Å². The monoisotopic (exact) mass is 393 g/mol. The largest absolute Gasteiger partial charge is 0.489 e. The SMILES string of the molecule is CNC1CCCc2ccc(OCc3ccc(I)cc3)cc21. The van der Waals surface area contributed by atoms with Crippen molar-refractivity contribution in [3.63, 3.8) is 0 Å². The van der Waals surface area contributed by atoms with Gasteiger partial charge in [0.25, 0.3) is 0 Å². The van der Waals surface area contributed by atoms with E-state index >= 15 is 0 Å². The molecule has 3 rings (SSSR count). The van der Waals surface area contributed by atoms with Crippen molar-refractivity contribution in [3.05, 3.63) is 62.7 Å². The number of aryl methyl sites for hydroxylation is 1. The fourth-order valence-corrected chi connectivity index (χ4v) is 3.27. The number of hydrogen-bond donors (Lipinski definition) is 1. The van der Waals surface area contributed by atoms with Gasteiger partial charge in [-0.3, -0.25) is 0 Å². The third-order valence-electron chi connectivity index (χ3n) is 4.10. The second kappa shape index (κ2) is 6.79. The lowest BCUT2D eigenvalue weighted by Gasteiger charge is -2.25. The van der Waals surface area contributed by atoms with Crippen LogP contribution in [0.25, 0.3) is 0 Å². The average molecular weight is 393 g/mol. The van der Waals surface area contributed by atoms with Gasteiger partial charge in [-0.2, -0.15) is 0 Å². The lowest BCUT2D eigenvalue weighted by Crippen LogP contribution is -2.21. The van der Waals surface area contributed by atoms with Crippen LogP contribution in [0.5, 0.6) is 5.75 Å². The van der Waals surface area contributed by atoms with Crippen molar-refractivity contribution in [1.29, 1.82) is 0 Å². The first-order chi connectivity index (χ1) is 10.3. The normalized spacial score (nSPS) is 17.3. The summed E-state index contributed by atoms with van der Waals surface area (Å²) >= 11 is 2.32. The van der Waals surface area contributed by atoms with E-state index in [4.69, 9.17) is 4.74 Å². The van der Waals surface area contributed by atoms with E-state index in [0.717, 1.165) is 5.75 Å². The maximum Gasteiger partial charge on any atom is 0.120 e. The molecule has 0 aromatic heterocycles. The molecule has 1 unspecified atom stereocenters. The number of ether oxygens (including phenoxy) is 1. The number of fused-ring (bicyclic) bond motifs is 1.